The van der Waals surface area contributed by atoms with Crippen LogP contribution in [0.3, 0.4) is 0 Å². The molecular formula is C8H14O2. The minimum Gasteiger partial charge on any atom is -0.515 e. The molecule has 0 aromatic rings. The zero-order valence-electron chi connectivity index (χ0n) is 6.50. The van der Waals surface area contributed by atoms with Crippen LogP contribution in [0.1, 0.15) is 26.7 Å². The molecule has 0 aliphatic heterocycles. The second-order valence-electron chi connectivity index (χ2n) is 2.71. The van der Waals surface area contributed by atoms with Gasteiger partial charge in [-0.25, -0.2) is 0 Å². The molecule has 0 fully saturated rings. The summed E-state index contributed by atoms with van der Waals surface area (Å²) in [4.78, 5) is 10.7. The van der Waals surface area contributed by atoms with Crippen molar-refractivity contribution in [2.24, 2.45) is 5.92 Å². The number of allylic oxidation sites excluding steroid dienone is 1. The molecule has 0 bridgehead atoms. The number of carbonyl (C=O) groups excluding carboxylic acids is 1. The summed E-state index contributed by atoms with van der Waals surface area (Å²) in [6.07, 6.45) is 3.42. The van der Waals surface area contributed by atoms with Crippen LogP contribution in [-0.4, -0.2) is 10.9 Å². The lowest BCUT2D eigenvalue weighted by molar-refractivity contribution is -0.114. The standard InChI is InChI=1S/C8H14O2/c1-7(2)3-4-8(10)5-6-9/h5-7,9H,3-4H2,1-2H3. The molecular weight excluding hydrogens is 128 g/mol. The quantitative estimate of drug-likeness (QED) is 0.482. The van der Waals surface area contributed by atoms with E-state index in [-0.39, 0.29) is 5.78 Å². The van der Waals surface area contributed by atoms with Crippen molar-refractivity contribution in [3.8, 4) is 0 Å². The summed E-state index contributed by atoms with van der Waals surface area (Å²) in [5.74, 6) is 0.548. The molecule has 0 atom stereocenters. The fourth-order valence-electron chi connectivity index (χ4n) is 0.597. The van der Waals surface area contributed by atoms with Gasteiger partial charge in [-0.2, -0.15) is 0 Å². The Hall–Kier alpha value is -0.790. The molecule has 0 aliphatic carbocycles. The molecule has 0 heterocycles. The molecule has 0 saturated heterocycles. The Morgan fingerprint density at radius 2 is 2.20 bits per heavy atom. The van der Waals surface area contributed by atoms with Crippen molar-refractivity contribution in [3.63, 3.8) is 0 Å². The van der Waals surface area contributed by atoms with Gasteiger partial charge in [0.15, 0.2) is 5.78 Å². The van der Waals surface area contributed by atoms with Crippen LogP contribution in [0.2, 0.25) is 0 Å². The summed E-state index contributed by atoms with van der Waals surface area (Å²) >= 11 is 0. The zero-order valence-corrected chi connectivity index (χ0v) is 6.50. The molecule has 0 aromatic carbocycles. The van der Waals surface area contributed by atoms with Gasteiger partial charge in [-0.05, 0) is 12.3 Å². The number of carbonyl (C=O) groups is 1. The van der Waals surface area contributed by atoms with Crippen LogP contribution >= 0.6 is 0 Å². The van der Waals surface area contributed by atoms with Gasteiger partial charge in [-0.1, -0.05) is 13.8 Å². The van der Waals surface area contributed by atoms with E-state index < -0.39 is 0 Å². The van der Waals surface area contributed by atoms with Gasteiger partial charge in [0, 0.05) is 12.5 Å². The Morgan fingerprint density at radius 3 is 2.60 bits per heavy atom. The fourth-order valence-corrected chi connectivity index (χ4v) is 0.597. The van der Waals surface area contributed by atoms with Crippen LogP contribution in [0.15, 0.2) is 12.3 Å². The monoisotopic (exact) mass is 142 g/mol. The smallest absolute Gasteiger partial charge is 0.158 e. The highest BCUT2D eigenvalue weighted by Crippen LogP contribution is 2.03. The number of aliphatic hydroxyl groups is 1. The molecule has 0 aliphatic rings. The number of hydrogen-bond donors (Lipinski definition) is 1. The first kappa shape index (κ1) is 9.21. The number of rotatable bonds is 4. The van der Waals surface area contributed by atoms with Crippen molar-refractivity contribution in [2.45, 2.75) is 26.7 Å². The summed E-state index contributed by atoms with van der Waals surface area (Å²) in [6, 6.07) is 0. The van der Waals surface area contributed by atoms with Gasteiger partial charge in [0.2, 0.25) is 0 Å². The Morgan fingerprint density at radius 1 is 1.60 bits per heavy atom. The first-order valence-corrected chi connectivity index (χ1v) is 3.50. The van der Waals surface area contributed by atoms with Crippen molar-refractivity contribution in [2.75, 3.05) is 0 Å². The van der Waals surface area contributed by atoms with Gasteiger partial charge in [0.05, 0.1) is 6.26 Å². The van der Waals surface area contributed by atoms with Crippen molar-refractivity contribution < 1.29 is 9.90 Å². The average molecular weight is 142 g/mol. The van der Waals surface area contributed by atoms with E-state index in [1.165, 1.54) is 6.08 Å². The second kappa shape index (κ2) is 5.03. The Labute approximate surface area is 61.6 Å². The van der Waals surface area contributed by atoms with Crippen LogP contribution < -0.4 is 0 Å². The second-order valence-corrected chi connectivity index (χ2v) is 2.71. The van der Waals surface area contributed by atoms with E-state index in [2.05, 4.69) is 13.8 Å². The first-order chi connectivity index (χ1) is 4.66. The lowest BCUT2D eigenvalue weighted by atomic mass is 10.1. The van der Waals surface area contributed by atoms with Crippen molar-refractivity contribution in [1.82, 2.24) is 0 Å². The highest BCUT2D eigenvalue weighted by atomic mass is 16.2. The Bertz CT molecular complexity index is 125. The molecule has 58 valence electrons. The van der Waals surface area contributed by atoms with Gasteiger partial charge in [0.1, 0.15) is 0 Å². The predicted octanol–water partition coefficient (Wildman–Crippen LogP) is 2.06. The van der Waals surface area contributed by atoms with Crippen LogP contribution in [0.25, 0.3) is 0 Å². The average Bonchev–Trinajstić information content (AvgIpc) is 1.85. The molecule has 2 nitrogen and oxygen atoms in total. The molecule has 10 heavy (non-hydrogen) atoms. The largest absolute Gasteiger partial charge is 0.515 e. The predicted molar refractivity (Wildman–Crippen MR) is 40.8 cm³/mol. The third kappa shape index (κ3) is 5.35. The van der Waals surface area contributed by atoms with Crippen LogP contribution in [0, 0.1) is 5.92 Å². The number of hydrogen-bond acceptors (Lipinski definition) is 2. The third-order valence-electron chi connectivity index (χ3n) is 1.23. The fraction of sp³-hybridized carbons (Fsp3) is 0.625. The summed E-state index contributed by atoms with van der Waals surface area (Å²) in [5, 5.41) is 8.20. The topological polar surface area (TPSA) is 37.3 Å². The maximum Gasteiger partial charge on any atom is 0.158 e. The van der Waals surface area contributed by atoms with Crippen molar-refractivity contribution in [1.29, 1.82) is 0 Å². The van der Waals surface area contributed by atoms with E-state index in [9.17, 15) is 4.79 Å². The van der Waals surface area contributed by atoms with E-state index in [0.717, 1.165) is 12.7 Å². The van der Waals surface area contributed by atoms with E-state index >= 15 is 0 Å². The molecule has 0 amide bonds. The molecule has 2 heteroatoms. The maximum absolute atomic E-state index is 10.7. The minimum absolute atomic E-state index is 0.00352. The summed E-state index contributed by atoms with van der Waals surface area (Å²) < 4.78 is 0. The zero-order chi connectivity index (χ0) is 7.98. The lowest BCUT2D eigenvalue weighted by Gasteiger charge is -1.99. The Balaban J connectivity index is 3.40. The molecule has 0 radical (unpaired) electrons. The SMILES string of the molecule is CC(C)CCC(=O)C=CO. The molecule has 0 saturated carbocycles. The number of ketones is 1. The Kier molecular flexibility index (Phi) is 4.63. The molecule has 0 unspecified atom stereocenters. The highest BCUT2D eigenvalue weighted by molar-refractivity contribution is 5.89. The van der Waals surface area contributed by atoms with E-state index in [0.29, 0.717) is 12.3 Å². The van der Waals surface area contributed by atoms with E-state index in [4.69, 9.17) is 5.11 Å². The summed E-state index contributed by atoms with van der Waals surface area (Å²) in [5.41, 5.74) is 0. The summed E-state index contributed by atoms with van der Waals surface area (Å²) in [7, 11) is 0. The number of aliphatic hydroxyl groups excluding tert-OH is 1. The van der Waals surface area contributed by atoms with Gasteiger partial charge < -0.3 is 5.11 Å². The van der Waals surface area contributed by atoms with Crippen LogP contribution in [0.4, 0.5) is 0 Å². The van der Waals surface area contributed by atoms with Gasteiger partial charge >= 0.3 is 0 Å². The van der Waals surface area contributed by atoms with Crippen LogP contribution in [-0.2, 0) is 4.79 Å². The lowest BCUT2D eigenvalue weighted by Crippen LogP contribution is -1.95. The van der Waals surface area contributed by atoms with Gasteiger partial charge in [-0.3, -0.25) is 4.79 Å². The van der Waals surface area contributed by atoms with Crippen molar-refractivity contribution in [3.05, 3.63) is 12.3 Å². The highest BCUT2D eigenvalue weighted by Gasteiger charge is 1.98. The van der Waals surface area contributed by atoms with E-state index in [1.807, 2.05) is 0 Å². The molecule has 0 aromatic heterocycles. The first-order valence-electron chi connectivity index (χ1n) is 3.50. The van der Waals surface area contributed by atoms with Gasteiger partial charge in [0.25, 0.3) is 0 Å². The van der Waals surface area contributed by atoms with E-state index in [1.54, 1.807) is 0 Å². The minimum atomic E-state index is -0.00352. The third-order valence-corrected chi connectivity index (χ3v) is 1.23. The molecule has 1 N–H and O–H groups in total. The maximum atomic E-state index is 10.7. The summed E-state index contributed by atoms with van der Waals surface area (Å²) in [6.45, 7) is 4.13. The van der Waals surface area contributed by atoms with Crippen LogP contribution in [0.5, 0.6) is 0 Å². The van der Waals surface area contributed by atoms with Crippen molar-refractivity contribution >= 4 is 5.78 Å². The molecule has 0 rings (SSSR count). The normalized spacial score (nSPS) is 11.1. The van der Waals surface area contributed by atoms with Gasteiger partial charge in [-0.15, -0.1) is 0 Å². The molecule has 0 spiro atoms.